The first-order valence-electron chi connectivity index (χ1n) is 7.28. The number of rotatable bonds is 6. The molecule has 3 N–H and O–H groups in total. The fourth-order valence-corrected chi connectivity index (χ4v) is 2.01. The summed E-state index contributed by atoms with van der Waals surface area (Å²) in [6.07, 6.45) is 0. The summed E-state index contributed by atoms with van der Waals surface area (Å²) < 4.78 is 29.2. The number of aliphatic hydroxyl groups is 1. The van der Waals surface area contributed by atoms with Gasteiger partial charge in [-0.15, -0.1) is 0 Å². The Balaban J connectivity index is 2.19. The van der Waals surface area contributed by atoms with E-state index in [0.29, 0.717) is 10.9 Å². The highest BCUT2D eigenvalue weighted by Gasteiger charge is 2.26. The number of carbonyl (C=O) groups is 1. The average molecular weight is 326 g/mol. The Hall–Kier alpha value is -2.15. The lowest BCUT2D eigenvalue weighted by molar-refractivity contribution is -0.0487. The number of aromatic nitrogens is 1. The van der Waals surface area contributed by atoms with Crippen LogP contribution in [0.25, 0.3) is 10.9 Å². The van der Waals surface area contributed by atoms with E-state index >= 15 is 0 Å². The summed E-state index contributed by atoms with van der Waals surface area (Å²) in [6.45, 7) is 2.48. The number of H-pyrrole nitrogens is 1. The van der Waals surface area contributed by atoms with E-state index < -0.39 is 18.1 Å². The number of halogens is 2. The standard InChI is InChI=1S/C16H20F2N2O3/c1-9(2)16(3,22)8-19-14(21)12-7-10-11(20-12)5-4-6-13(10)23-15(17)18/h4-7,9,15,20,22H,8H2,1-3H3,(H,19,21). The number of ether oxygens (including phenoxy) is 1. The van der Waals surface area contributed by atoms with Gasteiger partial charge in [0.05, 0.1) is 5.60 Å². The zero-order valence-corrected chi connectivity index (χ0v) is 13.2. The predicted octanol–water partition coefficient (Wildman–Crippen LogP) is 2.91. The van der Waals surface area contributed by atoms with E-state index in [0.717, 1.165) is 0 Å². The average Bonchev–Trinajstić information content (AvgIpc) is 2.89. The van der Waals surface area contributed by atoms with Gasteiger partial charge in [0.25, 0.3) is 5.91 Å². The molecule has 5 nitrogen and oxygen atoms in total. The quantitative estimate of drug-likeness (QED) is 0.764. The maximum atomic E-state index is 12.4. The lowest BCUT2D eigenvalue weighted by Crippen LogP contribution is -2.44. The fraction of sp³-hybridized carbons (Fsp3) is 0.438. The van der Waals surface area contributed by atoms with Crippen LogP contribution in [0.5, 0.6) is 5.75 Å². The Morgan fingerprint density at radius 2 is 2.13 bits per heavy atom. The zero-order chi connectivity index (χ0) is 17.2. The first-order valence-corrected chi connectivity index (χ1v) is 7.28. The largest absolute Gasteiger partial charge is 0.434 e. The van der Waals surface area contributed by atoms with Gasteiger partial charge in [0.2, 0.25) is 0 Å². The molecule has 0 saturated heterocycles. The zero-order valence-electron chi connectivity index (χ0n) is 13.2. The summed E-state index contributed by atoms with van der Waals surface area (Å²) in [5, 5.41) is 13.2. The number of hydrogen-bond acceptors (Lipinski definition) is 3. The van der Waals surface area contributed by atoms with Gasteiger partial charge >= 0.3 is 6.61 Å². The molecule has 126 valence electrons. The number of aromatic amines is 1. The van der Waals surface area contributed by atoms with Crippen molar-refractivity contribution in [2.45, 2.75) is 33.0 Å². The van der Waals surface area contributed by atoms with Gasteiger partial charge in [-0.2, -0.15) is 8.78 Å². The smallest absolute Gasteiger partial charge is 0.387 e. The summed E-state index contributed by atoms with van der Waals surface area (Å²) in [4.78, 5) is 15.0. The van der Waals surface area contributed by atoms with E-state index in [4.69, 9.17) is 0 Å². The van der Waals surface area contributed by atoms with Crippen LogP contribution in [0.2, 0.25) is 0 Å². The monoisotopic (exact) mass is 326 g/mol. The lowest BCUT2D eigenvalue weighted by Gasteiger charge is -2.27. The third kappa shape index (κ3) is 3.98. The molecule has 0 aliphatic rings. The van der Waals surface area contributed by atoms with Crippen LogP contribution in [0.3, 0.4) is 0 Å². The Bertz CT molecular complexity index is 696. The normalized spacial score (nSPS) is 14.3. The van der Waals surface area contributed by atoms with Gasteiger partial charge < -0.3 is 20.1 Å². The van der Waals surface area contributed by atoms with Crippen molar-refractivity contribution in [1.82, 2.24) is 10.3 Å². The van der Waals surface area contributed by atoms with Crippen molar-refractivity contribution in [2.24, 2.45) is 5.92 Å². The van der Waals surface area contributed by atoms with E-state index in [2.05, 4.69) is 15.0 Å². The number of amides is 1. The molecule has 0 spiro atoms. The van der Waals surface area contributed by atoms with Crippen molar-refractivity contribution in [3.8, 4) is 5.75 Å². The molecule has 7 heteroatoms. The summed E-state index contributed by atoms with van der Waals surface area (Å²) in [5.74, 6) is -0.455. The van der Waals surface area contributed by atoms with Crippen LogP contribution in [0.15, 0.2) is 24.3 Å². The molecule has 2 aromatic rings. The van der Waals surface area contributed by atoms with Crippen LogP contribution >= 0.6 is 0 Å². The van der Waals surface area contributed by atoms with Gasteiger partial charge in [-0.25, -0.2) is 0 Å². The number of hydrogen-bond donors (Lipinski definition) is 3. The summed E-state index contributed by atoms with van der Waals surface area (Å²) >= 11 is 0. The van der Waals surface area contributed by atoms with Crippen molar-refractivity contribution in [1.29, 1.82) is 0 Å². The lowest BCUT2D eigenvalue weighted by atomic mass is 9.92. The van der Waals surface area contributed by atoms with Gasteiger partial charge in [-0.05, 0) is 31.0 Å². The molecule has 0 aliphatic heterocycles. The number of nitrogens with one attached hydrogen (secondary N) is 2. The molecule has 1 unspecified atom stereocenters. The molecule has 0 radical (unpaired) electrons. The Morgan fingerprint density at radius 1 is 1.43 bits per heavy atom. The topological polar surface area (TPSA) is 74.3 Å². The van der Waals surface area contributed by atoms with E-state index in [1.54, 1.807) is 19.1 Å². The second-order valence-electron chi connectivity index (χ2n) is 5.97. The molecular weight excluding hydrogens is 306 g/mol. The molecule has 0 bridgehead atoms. The van der Waals surface area contributed by atoms with Crippen molar-refractivity contribution in [2.75, 3.05) is 6.54 Å². The van der Waals surface area contributed by atoms with Crippen LogP contribution in [0.4, 0.5) is 8.78 Å². The molecular formula is C16H20F2N2O3. The molecule has 1 aromatic heterocycles. The van der Waals surface area contributed by atoms with Gasteiger partial charge in [0.1, 0.15) is 11.4 Å². The Kier molecular flexibility index (Phi) is 4.89. The Labute approximate surface area is 132 Å². The minimum absolute atomic E-state index is 0.00183. The number of carbonyl (C=O) groups excluding carboxylic acids is 1. The molecule has 1 atom stereocenters. The predicted molar refractivity (Wildman–Crippen MR) is 82.7 cm³/mol. The first-order chi connectivity index (χ1) is 10.7. The van der Waals surface area contributed by atoms with Gasteiger partial charge in [-0.3, -0.25) is 4.79 Å². The van der Waals surface area contributed by atoms with Crippen molar-refractivity contribution < 1.29 is 23.4 Å². The molecule has 1 amide bonds. The maximum Gasteiger partial charge on any atom is 0.387 e. The third-order valence-electron chi connectivity index (χ3n) is 3.94. The van der Waals surface area contributed by atoms with Crippen molar-refractivity contribution in [3.05, 3.63) is 30.0 Å². The van der Waals surface area contributed by atoms with E-state index in [-0.39, 0.29) is 23.9 Å². The molecule has 0 saturated carbocycles. The molecule has 0 aliphatic carbocycles. The molecule has 23 heavy (non-hydrogen) atoms. The van der Waals surface area contributed by atoms with Gasteiger partial charge in [-0.1, -0.05) is 19.9 Å². The highest BCUT2D eigenvalue weighted by atomic mass is 19.3. The Morgan fingerprint density at radius 3 is 2.74 bits per heavy atom. The molecule has 0 fully saturated rings. The number of fused-ring (bicyclic) bond motifs is 1. The van der Waals surface area contributed by atoms with E-state index in [1.165, 1.54) is 12.1 Å². The highest BCUT2D eigenvalue weighted by Crippen LogP contribution is 2.27. The first kappa shape index (κ1) is 17.2. The van der Waals surface area contributed by atoms with Gasteiger partial charge in [0, 0.05) is 17.4 Å². The van der Waals surface area contributed by atoms with E-state index in [1.807, 2.05) is 13.8 Å². The van der Waals surface area contributed by atoms with Crippen LogP contribution in [-0.2, 0) is 0 Å². The van der Waals surface area contributed by atoms with E-state index in [9.17, 15) is 18.7 Å². The molecule has 1 aromatic carbocycles. The minimum Gasteiger partial charge on any atom is -0.434 e. The van der Waals surface area contributed by atoms with Crippen LogP contribution in [-0.4, -0.2) is 34.8 Å². The number of benzene rings is 1. The third-order valence-corrected chi connectivity index (χ3v) is 3.94. The van der Waals surface area contributed by atoms with Crippen molar-refractivity contribution in [3.63, 3.8) is 0 Å². The van der Waals surface area contributed by atoms with Crippen LogP contribution in [0.1, 0.15) is 31.3 Å². The van der Waals surface area contributed by atoms with Crippen LogP contribution < -0.4 is 10.1 Å². The van der Waals surface area contributed by atoms with Crippen molar-refractivity contribution >= 4 is 16.8 Å². The highest BCUT2D eigenvalue weighted by molar-refractivity contribution is 5.99. The maximum absolute atomic E-state index is 12.4. The molecule has 1 heterocycles. The van der Waals surface area contributed by atoms with Gasteiger partial charge in [0.15, 0.2) is 0 Å². The number of alkyl halides is 2. The summed E-state index contributed by atoms with van der Waals surface area (Å²) in [6, 6.07) is 6.08. The second kappa shape index (κ2) is 6.54. The summed E-state index contributed by atoms with van der Waals surface area (Å²) in [5.41, 5.74) is -0.306. The minimum atomic E-state index is -2.94. The van der Waals surface area contributed by atoms with Crippen LogP contribution in [0, 0.1) is 5.92 Å². The molecule has 2 rings (SSSR count). The fourth-order valence-electron chi connectivity index (χ4n) is 2.01. The SMILES string of the molecule is CC(C)C(C)(O)CNC(=O)c1cc2c(OC(F)F)cccc2[nH]1. The second-order valence-corrected chi connectivity index (χ2v) is 5.97. The summed E-state index contributed by atoms with van der Waals surface area (Å²) in [7, 11) is 0.